The van der Waals surface area contributed by atoms with E-state index >= 15 is 0 Å². The van der Waals surface area contributed by atoms with Crippen LogP contribution in [-0.4, -0.2) is 38.0 Å². The summed E-state index contributed by atoms with van der Waals surface area (Å²) >= 11 is 0. The number of hydrogen-bond donors (Lipinski definition) is 3. The number of amides is 1. The Morgan fingerprint density at radius 3 is 2.74 bits per heavy atom. The highest BCUT2D eigenvalue weighted by Crippen LogP contribution is 2.28. The van der Waals surface area contributed by atoms with Crippen LogP contribution < -0.4 is 16.0 Å². The molecule has 0 aromatic heterocycles. The molecule has 0 unspecified atom stereocenters. The first-order valence-corrected chi connectivity index (χ1v) is 8.20. The number of guanidine groups is 1. The predicted octanol–water partition coefficient (Wildman–Crippen LogP) is 1.45. The van der Waals surface area contributed by atoms with Gasteiger partial charge in [0.05, 0.1) is 6.42 Å². The van der Waals surface area contributed by atoms with Crippen molar-refractivity contribution >= 4 is 11.9 Å². The highest BCUT2D eigenvalue weighted by atomic mass is 19.1. The lowest BCUT2D eigenvalue weighted by molar-refractivity contribution is -0.120. The first kappa shape index (κ1) is 17.2. The first-order chi connectivity index (χ1) is 11.2. The maximum absolute atomic E-state index is 13.1. The Labute approximate surface area is 136 Å². The zero-order valence-corrected chi connectivity index (χ0v) is 13.6. The number of nitrogens with zero attached hydrogens (tertiary/aromatic N) is 1. The third-order valence-corrected chi connectivity index (χ3v) is 3.54. The molecular weight excluding hydrogens is 295 g/mol. The van der Waals surface area contributed by atoms with Crippen LogP contribution in [0.15, 0.2) is 29.3 Å². The quantitative estimate of drug-likeness (QED) is 0.386. The molecule has 1 aliphatic rings. The van der Waals surface area contributed by atoms with Crippen LogP contribution in [-0.2, 0) is 11.2 Å². The molecule has 23 heavy (non-hydrogen) atoms. The van der Waals surface area contributed by atoms with Crippen molar-refractivity contribution < 1.29 is 9.18 Å². The number of benzene rings is 1. The average Bonchev–Trinajstić information content (AvgIpc) is 3.33. The molecule has 2 rings (SSSR count). The Morgan fingerprint density at radius 2 is 2.04 bits per heavy atom. The normalized spacial score (nSPS) is 14.4. The van der Waals surface area contributed by atoms with Gasteiger partial charge < -0.3 is 16.0 Å². The van der Waals surface area contributed by atoms with Crippen LogP contribution in [0.4, 0.5) is 4.39 Å². The van der Waals surface area contributed by atoms with Crippen LogP contribution in [0.25, 0.3) is 0 Å². The second kappa shape index (κ2) is 9.12. The maximum atomic E-state index is 13.1. The summed E-state index contributed by atoms with van der Waals surface area (Å²) in [5.74, 6) is 1.10. The van der Waals surface area contributed by atoms with E-state index in [4.69, 9.17) is 0 Å². The number of rotatable bonds is 8. The number of hydrogen-bond acceptors (Lipinski definition) is 2. The summed E-state index contributed by atoms with van der Waals surface area (Å²) in [4.78, 5) is 16.3. The lowest BCUT2D eigenvalue weighted by atomic mass is 10.1. The van der Waals surface area contributed by atoms with Crippen molar-refractivity contribution in [2.45, 2.75) is 26.2 Å². The molecule has 1 aromatic carbocycles. The van der Waals surface area contributed by atoms with E-state index in [-0.39, 0.29) is 18.1 Å². The minimum atomic E-state index is -0.320. The van der Waals surface area contributed by atoms with Crippen LogP contribution in [0.2, 0.25) is 0 Å². The fourth-order valence-corrected chi connectivity index (χ4v) is 2.14. The van der Waals surface area contributed by atoms with E-state index in [1.807, 2.05) is 6.92 Å². The molecule has 0 radical (unpaired) electrons. The summed E-state index contributed by atoms with van der Waals surface area (Å²) < 4.78 is 13.1. The summed E-state index contributed by atoms with van der Waals surface area (Å²) in [7, 11) is 0. The van der Waals surface area contributed by atoms with E-state index in [1.165, 1.54) is 25.0 Å². The number of aliphatic imine (C=N–C) groups is 1. The molecule has 0 saturated heterocycles. The number of carbonyl (C=O) groups is 1. The van der Waals surface area contributed by atoms with Gasteiger partial charge in [0.2, 0.25) is 5.91 Å². The number of nitrogens with one attached hydrogen (secondary N) is 3. The lowest BCUT2D eigenvalue weighted by Gasteiger charge is -2.11. The maximum Gasteiger partial charge on any atom is 0.224 e. The van der Waals surface area contributed by atoms with E-state index in [9.17, 15) is 9.18 Å². The van der Waals surface area contributed by atoms with Gasteiger partial charge in [0, 0.05) is 26.2 Å². The van der Waals surface area contributed by atoms with Gasteiger partial charge in [-0.05, 0) is 43.4 Å². The molecule has 0 bridgehead atoms. The molecule has 0 heterocycles. The van der Waals surface area contributed by atoms with Gasteiger partial charge in [-0.2, -0.15) is 0 Å². The molecule has 1 saturated carbocycles. The molecule has 5 nitrogen and oxygen atoms in total. The first-order valence-electron chi connectivity index (χ1n) is 8.20. The Balaban J connectivity index is 1.64. The molecule has 1 amide bonds. The van der Waals surface area contributed by atoms with Gasteiger partial charge in [0.1, 0.15) is 5.82 Å². The molecule has 0 atom stereocenters. The largest absolute Gasteiger partial charge is 0.357 e. The van der Waals surface area contributed by atoms with E-state index in [0.717, 1.165) is 25.0 Å². The summed E-state index contributed by atoms with van der Waals surface area (Å²) in [5, 5.41) is 9.20. The second-order valence-corrected chi connectivity index (χ2v) is 5.75. The molecular formula is C17H25FN4O. The van der Waals surface area contributed by atoms with Gasteiger partial charge in [0.25, 0.3) is 0 Å². The van der Waals surface area contributed by atoms with E-state index < -0.39 is 0 Å². The second-order valence-electron chi connectivity index (χ2n) is 5.75. The summed E-state index contributed by atoms with van der Waals surface area (Å²) in [6.45, 7) is 4.80. The third-order valence-electron chi connectivity index (χ3n) is 3.54. The average molecular weight is 320 g/mol. The minimum Gasteiger partial charge on any atom is -0.357 e. The Morgan fingerprint density at radius 1 is 1.26 bits per heavy atom. The van der Waals surface area contributed by atoms with Gasteiger partial charge in [-0.1, -0.05) is 12.1 Å². The molecule has 1 aromatic rings. The minimum absolute atomic E-state index is 0.114. The Hall–Kier alpha value is -2.11. The fourth-order valence-electron chi connectivity index (χ4n) is 2.14. The Bertz CT molecular complexity index is 543. The van der Waals surface area contributed by atoms with Gasteiger partial charge in [-0.15, -0.1) is 0 Å². The predicted molar refractivity (Wildman–Crippen MR) is 89.8 cm³/mol. The van der Waals surface area contributed by atoms with Crippen molar-refractivity contribution in [3.8, 4) is 0 Å². The molecule has 6 heteroatoms. The third kappa shape index (κ3) is 7.13. The van der Waals surface area contributed by atoms with E-state index in [1.54, 1.807) is 12.1 Å². The van der Waals surface area contributed by atoms with Crippen molar-refractivity contribution in [1.82, 2.24) is 16.0 Å². The monoisotopic (exact) mass is 320 g/mol. The molecule has 1 fully saturated rings. The zero-order valence-electron chi connectivity index (χ0n) is 13.6. The van der Waals surface area contributed by atoms with Gasteiger partial charge in [0.15, 0.2) is 5.96 Å². The summed E-state index contributed by atoms with van der Waals surface area (Å²) in [6.07, 6.45) is 2.74. The van der Waals surface area contributed by atoms with Crippen LogP contribution in [0.5, 0.6) is 0 Å². The SMILES string of the molecule is CCNC(=NCC1CC1)NCCNC(=O)Cc1cccc(F)c1. The molecule has 3 N–H and O–H groups in total. The van der Waals surface area contributed by atoms with Crippen LogP contribution in [0.3, 0.4) is 0 Å². The van der Waals surface area contributed by atoms with Crippen LogP contribution in [0, 0.1) is 11.7 Å². The highest BCUT2D eigenvalue weighted by molar-refractivity contribution is 5.80. The topological polar surface area (TPSA) is 65.5 Å². The van der Waals surface area contributed by atoms with Crippen molar-refractivity contribution in [3.05, 3.63) is 35.6 Å². The standard InChI is InChI=1S/C17H25FN4O/c1-2-19-17(22-12-13-6-7-13)21-9-8-20-16(23)11-14-4-3-5-15(18)10-14/h3-5,10,13H,2,6-9,11-12H2,1H3,(H,20,23)(H2,19,21,22). The molecule has 0 aliphatic heterocycles. The summed E-state index contributed by atoms with van der Waals surface area (Å²) in [5.41, 5.74) is 0.676. The fraction of sp³-hybridized carbons (Fsp3) is 0.529. The van der Waals surface area contributed by atoms with Gasteiger partial charge >= 0.3 is 0 Å². The van der Waals surface area contributed by atoms with Crippen molar-refractivity contribution in [2.24, 2.45) is 10.9 Å². The van der Waals surface area contributed by atoms with E-state index in [0.29, 0.717) is 18.7 Å². The van der Waals surface area contributed by atoms with Crippen molar-refractivity contribution in [2.75, 3.05) is 26.2 Å². The molecule has 0 spiro atoms. The lowest BCUT2D eigenvalue weighted by Crippen LogP contribution is -2.41. The Kier molecular flexibility index (Phi) is 6.84. The summed E-state index contributed by atoms with van der Waals surface area (Å²) in [6, 6.07) is 6.10. The van der Waals surface area contributed by atoms with Crippen molar-refractivity contribution in [3.63, 3.8) is 0 Å². The highest BCUT2D eigenvalue weighted by Gasteiger charge is 2.20. The number of carbonyl (C=O) groups excluding carboxylic acids is 1. The molecule has 1 aliphatic carbocycles. The number of halogens is 1. The smallest absolute Gasteiger partial charge is 0.224 e. The molecule has 126 valence electrons. The zero-order chi connectivity index (χ0) is 16.5. The van der Waals surface area contributed by atoms with Crippen LogP contribution in [0.1, 0.15) is 25.3 Å². The van der Waals surface area contributed by atoms with Crippen molar-refractivity contribution in [1.29, 1.82) is 0 Å². The van der Waals surface area contributed by atoms with Gasteiger partial charge in [-0.25, -0.2) is 4.39 Å². The van der Waals surface area contributed by atoms with Crippen LogP contribution >= 0.6 is 0 Å². The van der Waals surface area contributed by atoms with Gasteiger partial charge in [-0.3, -0.25) is 9.79 Å². The van der Waals surface area contributed by atoms with E-state index in [2.05, 4.69) is 20.9 Å².